The number of halogens is 3. The van der Waals surface area contributed by atoms with Crippen molar-refractivity contribution in [1.29, 1.82) is 0 Å². The van der Waals surface area contributed by atoms with E-state index in [0.29, 0.717) is 18.2 Å². The van der Waals surface area contributed by atoms with Gasteiger partial charge in [-0.15, -0.1) is 0 Å². The Kier molecular flexibility index (Phi) is 3.38. The van der Waals surface area contributed by atoms with Crippen LogP contribution in [-0.4, -0.2) is 16.3 Å². The van der Waals surface area contributed by atoms with Gasteiger partial charge in [-0.3, -0.25) is 0 Å². The van der Waals surface area contributed by atoms with Gasteiger partial charge in [0.25, 0.3) is 0 Å². The van der Waals surface area contributed by atoms with E-state index in [-0.39, 0.29) is 5.41 Å². The number of thioether (sulfide) groups is 1. The molecule has 2 aliphatic rings. The maximum Gasteiger partial charge on any atom is 0.305 e. The molecule has 0 saturated heterocycles. The smallest absolute Gasteiger partial charge is 0.193 e. The van der Waals surface area contributed by atoms with Crippen molar-refractivity contribution in [2.45, 2.75) is 48.6 Å². The zero-order chi connectivity index (χ0) is 11.1. The SMILES string of the molecule is CSC(F)(F)C(Br)CC12CCC(CC1)C2. The number of fused-ring (bicyclic) bond motifs is 2. The summed E-state index contributed by atoms with van der Waals surface area (Å²) in [7, 11) is 0. The second kappa shape index (κ2) is 4.17. The molecule has 0 spiro atoms. The molecule has 4 heteroatoms. The van der Waals surface area contributed by atoms with Crippen LogP contribution in [0.25, 0.3) is 0 Å². The van der Waals surface area contributed by atoms with Crippen LogP contribution in [0, 0.1) is 11.3 Å². The molecule has 0 aliphatic heterocycles. The van der Waals surface area contributed by atoms with Gasteiger partial charge in [0.1, 0.15) is 0 Å². The van der Waals surface area contributed by atoms with Crippen LogP contribution in [0.1, 0.15) is 38.5 Å². The van der Waals surface area contributed by atoms with Crippen molar-refractivity contribution < 1.29 is 8.78 Å². The Bertz CT molecular complexity index is 237. The Hall–Kier alpha value is 0.690. The molecule has 2 saturated carbocycles. The Morgan fingerprint density at radius 2 is 2.07 bits per heavy atom. The first-order chi connectivity index (χ1) is 6.97. The Morgan fingerprint density at radius 3 is 2.47 bits per heavy atom. The summed E-state index contributed by atoms with van der Waals surface area (Å²) in [6.45, 7) is 0. The van der Waals surface area contributed by atoms with E-state index in [4.69, 9.17) is 0 Å². The fourth-order valence-corrected chi connectivity index (χ4v) is 4.81. The van der Waals surface area contributed by atoms with Crippen molar-refractivity contribution in [2.75, 3.05) is 6.26 Å². The average molecular weight is 299 g/mol. The standard InChI is InChI=1S/C11H17BrF2S/c1-15-11(13,14)9(12)7-10-4-2-8(6-10)3-5-10/h8-9H,2-7H2,1H3. The van der Waals surface area contributed by atoms with Crippen molar-refractivity contribution in [1.82, 2.24) is 0 Å². The van der Waals surface area contributed by atoms with Gasteiger partial charge in [0, 0.05) is 0 Å². The fourth-order valence-electron chi connectivity index (χ4n) is 3.22. The molecule has 0 aromatic carbocycles. The summed E-state index contributed by atoms with van der Waals surface area (Å²) in [6.07, 6.45) is 8.21. The highest BCUT2D eigenvalue weighted by molar-refractivity contribution is 9.09. The lowest BCUT2D eigenvalue weighted by Crippen LogP contribution is -2.30. The lowest BCUT2D eigenvalue weighted by molar-refractivity contribution is 0.0842. The second-order valence-corrected chi connectivity index (χ2v) is 7.14. The van der Waals surface area contributed by atoms with Crippen LogP contribution >= 0.6 is 27.7 Å². The molecule has 88 valence electrons. The molecule has 2 aliphatic carbocycles. The molecule has 0 aromatic heterocycles. The van der Waals surface area contributed by atoms with Crippen LogP contribution in [0.2, 0.25) is 0 Å². The summed E-state index contributed by atoms with van der Waals surface area (Å²) in [4.78, 5) is -0.656. The lowest BCUT2D eigenvalue weighted by Gasteiger charge is -2.31. The minimum absolute atomic E-state index is 0.248. The molecule has 15 heavy (non-hydrogen) atoms. The molecular formula is C11H17BrF2S. The van der Waals surface area contributed by atoms with Crippen LogP contribution in [-0.2, 0) is 0 Å². The predicted molar refractivity (Wildman–Crippen MR) is 64.8 cm³/mol. The Balaban J connectivity index is 1.97. The predicted octanol–water partition coefficient (Wildman–Crippen LogP) is 4.68. The van der Waals surface area contributed by atoms with Crippen LogP contribution in [0.3, 0.4) is 0 Å². The fraction of sp³-hybridized carbons (Fsp3) is 1.00. The molecule has 1 atom stereocenters. The van der Waals surface area contributed by atoms with Gasteiger partial charge in [-0.25, -0.2) is 0 Å². The minimum atomic E-state index is -2.62. The van der Waals surface area contributed by atoms with Gasteiger partial charge in [0.15, 0.2) is 0 Å². The van der Waals surface area contributed by atoms with Crippen LogP contribution < -0.4 is 0 Å². The topological polar surface area (TPSA) is 0 Å². The van der Waals surface area contributed by atoms with Crippen molar-refractivity contribution in [2.24, 2.45) is 11.3 Å². The second-order valence-electron chi connectivity index (χ2n) is 5.09. The van der Waals surface area contributed by atoms with E-state index in [1.807, 2.05) is 0 Å². The van der Waals surface area contributed by atoms with E-state index in [1.165, 1.54) is 38.4 Å². The van der Waals surface area contributed by atoms with E-state index in [0.717, 1.165) is 5.92 Å². The lowest BCUT2D eigenvalue weighted by atomic mass is 9.80. The molecule has 0 radical (unpaired) electrons. The Morgan fingerprint density at radius 1 is 1.47 bits per heavy atom. The van der Waals surface area contributed by atoms with Crippen LogP contribution in [0.5, 0.6) is 0 Å². The summed E-state index contributed by atoms with van der Waals surface area (Å²) in [5, 5.41) is -2.62. The molecule has 2 rings (SSSR count). The van der Waals surface area contributed by atoms with Crippen molar-refractivity contribution in [3.63, 3.8) is 0 Å². The monoisotopic (exact) mass is 298 g/mol. The van der Waals surface area contributed by atoms with E-state index < -0.39 is 10.1 Å². The van der Waals surface area contributed by atoms with Gasteiger partial charge in [-0.2, -0.15) is 8.78 Å². The van der Waals surface area contributed by atoms with Crippen molar-refractivity contribution in [3.05, 3.63) is 0 Å². The van der Waals surface area contributed by atoms with Crippen molar-refractivity contribution in [3.8, 4) is 0 Å². The third kappa shape index (κ3) is 2.36. The molecule has 0 aromatic rings. The third-order valence-corrected chi connectivity index (χ3v) is 6.17. The average Bonchev–Trinajstić information content (AvgIpc) is 2.77. The molecule has 0 N–H and O–H groups in total. The minimum Gasteiger partial charge on any atom is -0.193 e. The van der Waals surface area contributed by atoms with E-state index in [1.54, 1.807) is 0 Å². The normalized spacial score (nSPS) is 37.2. The summed E-state index contributed by atoms with van der Waals surface area (Å²) in [5.41, 5.74) is 0.248. The largest absolute Gasteiger partial charge is 0.305 e. The van der Waals surface area contributed by atoms with E-state index in [9.17, 15) is 8.78 Å². The van der Waals surface area contributed by atoms with Gasteiger partial charge in [-0.1, -0.05) is 27.7 Å². The number of alkyl halides is 3. The first-order valence-electron chi connectivity index (χ1n) is 5.54. The Labute approximate surface area is 103 Å². The van der Waals surface area contributed by atoms with Gasteiger partial charge in [0.2, 0.25) is 0 Å². The molecule has 0 heterocycles. The zero-order valence-electron chi connectivity index (χ0n) is 8.94. The van der Waals surface area contributed by atoms with Gasteiger partial charge < -0.3 is 0 Å². The van der Waals surface area contributed by atoms with Crippen LogP contribution in [0.4, 0.5) is 8.78 Å². The first-order valence-corrected chi connectivity index (χ1v) is 7.68. The highest BCUT2D eigenvalue weighted by atomic mass is 79.9. The van der Waals surface area contributed by atoms with E-state index in [2.05, 4.69) is 15.9 Å². The number of hydrogen-bond acceptors (Lipinski definition) is 1. The quantitative estimate of drug-likeness (QED) is 0.679. The maximum atomic E-state index is 13.4. The highest BCUT2D eigenvalue weighted by Crippen LogP contribution is 2.58. The number of rotatable bonds is 4. The molecule has 0 amide bonds. The number of hydrogen-bond donors (Lipinski definition) is 0. The summed E-state index contributed by atoms with van der Waals surface area (Å²) in [6, 6.07) is 0. The summed E-state index contributed by atoms with van der Waals surface area (Å²) < 4.78 is 26.9. The van der Waals surface area contributed by atoms with E-state index >= 15 is 0 Å². The maximum absolute atomic E-state index is 13.4. The van der Waals surface area contributed by atoms with Gasteiger partial charge in [-0.05, 0) is 56.1 Å². The molecular weight excluding hydrogens is 282 g/mol. The highest BCUT2D eigenvalue weighted by Gasteiger charge is 2.49. The molecule has 1 unspecified atom stereocenters. The molecule has 2 fully saturated rings. The van der Waals surface area contributed by atoms with Crippen molar-refractivity contribution >= 4 is 27.7 Å². The molecule has 2 bridgehead atoms. The first kappa shape index (κ1) is 12.2. The summed E-state index contributed by atoms with van der Waals surface area (Å²) in [5.74, 6) is 0.840. The van der Waals surface area contributed by atoms with Gasteiger partial charge in [0.05, 0.1) is 4.83 Å². The summed E-state index contributed by atoms with van der Waals surface area (Å²) >= 11 is 3.85. The van der Waals surface area contributed by atoms with Gasteiger partial charge >= 0.3 is 5.25 Å². The molecule has 0 nitrogen and oxygen atoms in total. The van der Waals surface area contributed by atoms with Crippen LogP contribution in [0.15, 0.2) is 0 Å². The third-order valence-electron chi connectivity index (χ3n) is 4.14. The zero-order valence-corrected chi connectivity index (χ0v) is 11.3.